The SMILES string of the molecule is C=C.CC(=O)O.CCCCC/C=C\C/C=C\CCCCCCCC(=O)O.CCCCCCCCCCCCCCCCCC(=O)O. The van der Waals surface area contributed by atoms with Crippen LogP contribution in [0.2, 0.25) is 0 Å². The zero-order chi connectivity index (χ0) is 35.4. The number of unbranched alkanes of at least 4 members (excludes halogenated alkanes) is 22. The van der Waals surface area contributed by atoms with Gasteiger partial charge in [0.25, 0.3) is 5.97 Å². The number of rotatable bonds is 30. The van der Waals surface area contributed by atoms with Crippen molar-refractivity contribution in [3.63, 3.8) is 0 Å². The second kappa shape index (κ2) is 49.5. The van der Waals surface area contributed by atoms with Crippen molar-refractivity contribution < 1.29 is 29.7 Å². The predicted octanol–water partition coefficient (Wildman–Crippen LogP) is 13.1. The van der Waals surface area contributed by atoms with Crippen LogP contribution in [0.4, 0.5) is 0 Å². The highest BCUT2D eigenvalue weighted by Gasteiger charge is 1.97. The smallest absolute Gasteiger partial charge is 0.303 e. The summed E-state index contributed by atoms with van der Waals surface area (Å²) in [7, 11) is 0. The first-order valence-corrected chi connectivity index (χ1v) is 18.7. The zero-order valence-corrected chi connectivity index (χ0v) is 30.6. The molecule has 0 saturated heterocycles. The van der Waals surface area contributed by atoms with Crippen LogP contribution in [0.3, 0.4) is 0 Å². The minimum atomic E-state index is -0.833. The fraction of sp³-hybridized carbons (Fsp3) is 0.775. The van der Waals surface area contributed by atoms with Gasteiger partial charge in [0, 0.05) is 19.8 Å². The number of carbonyl (C=O) groups is 3. The average molecular weight is 653 g/mol. The van der Waals surface area contributed by atoms with E-state index in [0.29, 0.717) is 12.8 Å². The van der Waals surface area contributed by atoms with Crippen molar-refractivity contribution in [3.8, 4) is 0 Å². The molecular weight excluding hydrogens is 576 g/mol. The van der Waals surface area contributed by atoms with Crippen LogP contribution in [-0.4, -0.2) is 33.2 Å². The van der Waals surface area contributed by atoms with Crippen molar-refractivity contribution in [1.82, 2.24) is 0 Å². The minimum Gasteiger partial charge on any atom is -0.481 e. The van der Waals surface area contributed by atoms with E-state index in [0.717, 1.165) is 45.4 Å². The van der Waals surface area contributed by atoms with Gasteiger partial charge in [0.2, 0.25) is 0 Å². The Labute approximate surface area is 285 Å². The molecule has 46 heavy (non-hydrogen) atoms. The third-order valence-corrected chi connectivity index (χ3v) is 7.34. The van der Waals surface area contributed by atoms with Crippen molar-refractivity contribution in [2.75, 3.05) is 0 Å². The second-order valence-electron chi connectivity index (χ2n) is 12.0. The summed E-state index contributed by atoms with van der Waals surface area (Å²) in [6.45, 7) is 11.6. The molecule has 0 aromatic heterocycles. The zero-order valence-electron chi connectivity index (χ0n) is 30.6. The van der Waals surface area contributed by atoms with Crippen molar-refractivity contribution >= 4 is 17.9 Å². The molecule has 0 heterocycles. The molecule has 6 heteroatoms. The van der Waals surface area contributed by atoms with Crippen LogP contribution in [0, 0.1) is 0 Å². The van der Waals surface area contributed by atoms with E-state index in [1.165, 1.54) is 128 Å². The van der Waals surface area contributed by atoms with Crippen LogP contribution in [0.1, 0.15) is 201 Å². The highest BCUT2D eigenvalue weighted by molar-refractivity contribution is 5.66. The summed E-state index contributed by atoms with van der Waals surface area (Å²) in [6.07, 6.45) is 42.5. The van der Waals surface area contributed by atoms with E-state index in [1.54, 1.807) is 0 Å². The van der Waals surface area contributed by atoms with Crippen LogP contribution in [0.15, 0.2) is 37.5 Å². The topological polar surface area (TPSA) is 112 Å². The fourth-order valence-corrected chi connectivity index (χ4v) is 4.74. The molecule has 0 radical (unpaired) electrons. The summed E-state index contributed by atoms with van der Waals surface area (Å²) in [5, 5.41) is 24.4. The van der Waals surface area contributed by atoms with E-state index in [2.05, 4.69) is 51.3 Å². The molecule has 3 N–H and O–H groups in total. The number of hydrogen-bond donors (Lipinski definition) is 3. The van der Waals surface area contributed by atoms with Gasteiger partial charge in [-0.05, 0) is 44.9 Å². The van der Waals surface area contributed by atoms with Crippen LogP contribution in [0.25, 0.3) is 0 Å². The lowest BCUT2D eigenvalue weighted by molar-refractivity contribution is -0.138. The van der Waals surface area contributed by atoms with Gasteiger partial charge in [0.15, 0.2) is 0 Å². The van der Waals surface area contributed by atoms with E-state index < -0.39 is 17.9 Å². The molecule has 0 aliphatic carbocycles. The first kappa shape index (κ1) is 50.5. The van der Waals surface area contributed by atoms with Gasteiger partial charge in [-0.2, -0.15) is 0 Å². The Bertz CT molecular complexity index is 667. The molecule has 0 saturated carbocycles. The molecule has 0 aliphatic heterocycles. The van der Waals surface area contributed by atoms with Gasteiger partial charge in [-0.15, -0.1) is 13.2 Å². The van der Waals surface area contributed by atoms with Crippen molar-refractivity contribution in [3.05, 3.63) is 37.5 Å². The van der Waals surface area contributed by atoms with Crippen LogP contribution in [0.5, 0.6) is 0 Å². The molecule has 0 aromatic rings. The monoisotopic (exact) mass is 653 g/mol. The van der Waals surface area contributed by atoms with Gasteiger partial charge in [0.05, 0.1) is 0 Å². The Morgan fingerprint density at radius 3 is 0.978 bits per heavy atom. The quantitative estimate of drug-likeness (QED) is 0.0526. The molecule has 0 fully saturated rings. The molecule has 0 aliphatic rings. The fourth-order valence-electron chi connectivity index (χ4n) is 4.74. The summed E-state index contributed by atoms with van der Waals surface area (Å²) >= 11 is 0. The molecule has 0 atom stereocenters. The maximum absolute atomic E-state index is 10.3. The average Bonchev–Trinajstić information content (AvgIpc) is 3.02. The van der Waals surface area contributed by atoms with Gasteiger partial charge < -0.3 is 15.3 Å². The Kier molecular flexibility index (Phi) is 54.3. The molecule has 6 nitrogen and oxygen atoms in total. The standard InChI is InChI=1S/C18H36O2.C18H32O2.C2H4O2.C2H4/c2*1-2-3-4-5-6-7-8-9-10-11-12-13-14-15-16-17-18(19)20;1-2(3)4;1-2/h2-17H2,1H3,(H,19,20);6-7,9-10H,2-5,8,11-17H2,1H3,(H,19,20);1H3,(H,3,4);1-2H2/b;7-6-,10-9-;;. The molecule has 0 rings (SSSR count). The molecule has 0 spiro atoms. The highest BCUT2D eigenvalue weighted by atomic mass is 16.4. The first-order valence-electron chi connectivity index (χ1n) is 18.7. The molecule has 0 bridgehead atoms. The Morgan fingerprint density at radius 2 is 0.674 bits per heavy atom. The normalized spacial score (nSPS) is 10.4. The first-order chi connectivity index (χ1) is 22.3. The lowest BCUT2D eigenvalue weighted by Crippen LogP contribution is -1.93. The number of aliphatic carboxylic acids is 3. The molecule has 0 aromatic carbocycles. The highest BCUT2D eigenvalue weighted by Crippen LogP contribution is 2.14. The number of carboxylic acids is 3. The summed E-state index contributed by atoms with van der Waals surface area (Å²) < 4.78 is 0. The maximum atomic E-state index is 10.3. The van der Waals surface area contributed by atoms with Crippen LogP contribution < -0.4 is 0 Å². The number of allylic oxidation sites excluding steroid dienone is 4. The lowest BCUT2D eigenvalue weighted by atomic mass is 10.0. The van der Waals surface area contributed by atoms with Crippen molar-refractivity contribution in [2.24, 2.45) is 0 Å². The van der Waals surface area contributed by atoms with E-state index in [4.69, 9.17) is 20.1 Å². The van der Waals surface area contributed by atoms with Crippen molar-refractivity contribution in [2.45, 2.75) is 201 Å². The second-order valence-corrected chi connectivity index (χ2v) is 12.0. The minimum absolute atomic E-state index is 0.324. The summed E-state index contributed by atoms with van der Waals surface area (Å²) in [6, 6.07) is 0. The van der Waals surface area contributed by atoms with Gasteiger partial charge in [-0.3, -0.25) is 14.4 Å². The van der Waals surface area contributed by atoms with E-state index in [1.807, 2.05) is 0 Å². The van der Waals surface area contributed by atoms with Gasteiger partial charge in [-0.25, -0.2) is 0 Å². The summed E-state index contributed by atoms with van der Waals surface area (Å²) in [4.78, 5) is 29.7. The largest absolute Gasteiger partial charge is 0.481 e. The predicted molar refractivity (Wildman–Crippen MR) is 199 cm³/mol. The van der Waals surface area contributed by atoms with Crippen molar-refractivity contribution in [1.29, 1.82) is 0 Å². The maximum Gasteiger partial charge on any atom is 0.303 e. The molecule has 0 unspecified atom stereocenters. The van der Waals surface area contributed by atoms with Gasteiger partial charge in [0.1, 0.15) is 0 Å². The Balaban J connectivity index is -0.000000327. The third kappa shape index (κ3) is 68.7. The van der Waals surface area contributed by atoms with Gasteiger partial charge in [-0.1, -0.05) is 160 Å². The third-order valence-electron chi connectivity index (χ3n) is 7.34. The number of carboxylic acid groups (broad SMARTS) is 3. The van der Waals surface area contributed by atoms with E-state index in [-0.39, 0.29) is 0 Å². The summed E-state index contributed by atoms with van der Waals surface area (Å²) in [5.74, 6) is -2.16. The Morgan fingerprint density at radius 1 is 0.435 bits per heavy atom. The molecular formula is C40H76O6. The molecule has 0 amide bonds. The van der Waals surface area contributed by atoms with E-state index >= 15 is 0 Å². The van der Waals surface area contributed by atoms with Crippen LogP contribution in [-0.2, 0) is 14.4 Å². The lowest BCUT2D eigenvalue weighted by Gasteiger charge is -2.03. The van der Waals surface area contributed by atoms with E-state index in [9.17, 15) is 9.59 Å². The van der Waals surface area contributed by atoms with Crippen LogP contribution >= 0.6 is 0 Å². The Hall–Kier alpha value is -2.37. The summed E-state index contributed by atoms with van der Waals surface area (Å²) in [5.41, 5.74) is 0. The van der Waals surface area contributed by atoms with Gasteiger partial charge >= 0.3 is 11.9 Å². The number of hydrogen-bond acceptors (Lipinski definition) is 3. The molecule has 272 valence electrons.